The Morgan fingerprint density at radius 3 is 2.58 bits per heavy atom. The maximum Gasteiger partial charge on any atom is 0.122 e. The Bertz CT molecular complexity index is 587. The van der Waals surface area contributed by atoms with Gasteiger partial charge in [-0.15, -0.1) is 0 Å². The van der Waals surface area contributed by atoms with Crippen LogP contribution in [0.2, 0.25) is 0 Å². The molecule has 0 spiro atoms. The van der Waals surface area contributed by atoms with Crippen molar-refractivity contribution < 1.29 is 4.74 Å². The number of hydrogen-bond acceptors (Lipinski definition) is 3. The molecule has 0 aliphatic heterocycles. The molecule has 0 bridgehead atoms. The fourth-order valence-corrected chi connectivity index (χ4v) is 2.42. The predicted molar refractivity (Wildman–Crippen MR) is 77.4 cm³/mol. The summed E-state index contributed by atoms with van der Waals surface area (Å²) >= 11 is 0. The summed E-state index contributed by atoms with van der Waals surface area (Å²) in [5.41, 5.74) is 11.5. The Labute approximate surface area is 114 Å². The molecule has 2 N–H and O–H groups in total. The zero-order valence-corrected chi connectivity index (χ0v) is 12.0. The molecule has 0 saturated carbocycles. The summed E-state index contributed by atoms with van der Waals surface area (Å²) in [5.74, 6) is 0.922. The average molecular weight is 259 g/mol. The number of hydrogen-bond donors (Lipinski definition) is 1. The average Bonchev–Trinajstić information content (AvgIpc) is 2.74. The van der Waals surface area contributed by atoms with Gasteiger partial charge in [-0.3, -0.25) is 4.68 Å². The third-order valence-corrected chi connectivity index (χ3v) is 3.47. The van der Waals surface area contributed by atoms with Crippen LogP contribution in [0.15, 0.2) is 18.3 Å². The minimum absolute atomic E-state index is 0.626. The zero-order chi connectivity index (χ0) is 14.0. The number of aromatic nitrogens is 2. The largest absolute Gasteiger partial charge is 0.496 e. The molecule has 0 radical (unpaired) electrons. The van der Waals surface area contributed by atoms with Crippen molar-refractivity contribution in [3.05, 3.63) is 35.2 Å². The quantitative estimate of drug-likeness (QED) is 0.916. The molecule has 1 aromatic heterocycles. The monoisotopic (exact) mass is 259 g/mol. The molecule has 0 saturated heterocycles. The van der Waals surface area contributed by atoms with Crippen LogP contribution in [0.25, 0.3) is 11.1 Å². The van der Waals surface area contributed by atoms with E-state index in [2.05, 4.69) is 31.1 Å². The molecule has 0 atom stereocenters. The topological polar surface area (TPSA) is 53.1 Å². The minimum Gasteiger partial charge on any atom is -0.496 e. The SMILES string of the molecule is COc1cc(C)c(-c2cnn(C)c2CCN)cc1C. The van der Waals surface area contributed by atoms with Crippen molar-refractivity contribution in [2.24, 2.45) is 12.8 Å². The minimum atomic E-state index is 0.626. The Hall–Kier alpha value is -1.81. The Morgan fingerprint density at radius 1 is 1.21 bits per heavy atom. The van der Waals surface area contributed by atoms with Crippen LogP contribution in [0.5, 0.6) is 5.75 Å². The summed E-state index contributed by atoms with van der Waals surface area (Å²) in [4.78, 5) is 0. The van der Waals surface area contributed by atoms with Crippen LogP contribution in [-0.4, -0.2) is 23.4 Å². The first-order valence-corrected chi connectivity index (χ1v) is 6.45. The standard InChI is InChI=1S/C15H21N3O/c1-10-8-15(19-4)11(2)7-12(10)13-9-17-18(3)14(13)5-6-16/h7-9H,5-6,16H2,1-4H3. The summed E-state index contributed by atoms with van der Waals surface area (Å²) in [6.45, 7) is 4.78. The van der Waals surface area contributed by atoms with Gasteiger partial charge in [0.25, 0.3) is 0 Å². The summed E-state index contributed by atoms with van der Waals surface area (Å²) in [5, 5.41) is 4.35. The smallest absolute Gasteiger partial charge is 0.122 e. The van der Waals surface area contributed by atoms with Crippen LogP contribution in [0.3, 0.4) is 0 Å². The molecule has 102 valence electrons. The van der Waals surface area contributed by atoms with E-state index in [1.165, 1.54) is 16.8 Å². The van der Waals surface area contributed by atoms with Crippen LogP contribution in [0.4, 0.5) is 0 Å². The van der Waals surface area contributed by atoms with E-state index in [-0.39, 0.29) is 0 Å². The van der Waals surface area contributed by atoms with E-state index in [4.69, 9.17) is 10.5 Å². The van der Waals surface area contributed by atoms with E-state index in [0.29, 0.717) is 6.54 Å². The molecule has 1 heterocycles. The Morgan fingerprint density at radius 2 is 1.95 bits per heavy atom. The normalized spacial score (nSPS) is 10.8. The molecule has 2 rings (SSSR count). The lowest BCUT2D eigenvalue weighted by Gasteiger charge is -2.12. The Kier molecular flexibility index (Phi) is 3.90. The summed E-state index contributed by atoms with van der Waals surface area (Å²) in [6, 6.07) is 4.23. The van der Waals surface area contributed by atoms with Crippen molar-refractivity contribution in [2.75, 3.05) is 13.7 Å². The lowest BCUT2D eigenvalue weighted by atomic mass is 9.97. The van der Waals surface area contributed by atoms with Crippen molar-refractivity contribution in [3.8, 4) is 16.9 Å². The van der Waals surface area contributed by atoms with E-state index >= 15 is 0 Å². The van der Waals surface area contributed by atoms with Crippen molar-refractivity contribution in [2.45, 2.75) is 20.3 Å². The molecule has 0 amide bonds. The van der Waals surface area contributed by atoms with Crippen molar-refractivity contribution >= 4 is 0 Å². The molecular formula is C15H21N3O. The van der Waals surface area contributed by atoms with E-state index in [9.17, 15) is 0 Å². The van der Waals surface area contributed by atoms with Crippen LogP contribution in [0.1, 0.15) is 16.8 Å². The van der Waals surface area contributed by atoms with Crippen molar-refractivity contribution in [1.29, 1.82) is 0 Å². The van der Waals surface area contributed by atoms with Gasteiger partial charge >= 0.3 is 0 Å². The van der Waals surface area contributed by atoms with E-state index in [0.717, 1.165) is 23.3 Å². The molecule has 0 fully saturated rings. The first kappa shape index (κ1) is 13.6. The molecule has 1 aromatic carbocycles. The van der Waals surface area contributed by atoms with Gasteiger partial charge in [0.15, 0.2) is 0 Å². The molecule has 4 nitrogen and oxygen atoms in total. The number of methoxy groups -OCH3 is 1. The highest BCUT2D eigenvalue weighted by Crippen LogP contribution is 2.31. The molecule has 19 heavy (non-hydrogen) atoms. The van der Waals surface area contributed by atoms with Gasteiger partial charge in [0.2, 0.25) is 0 Å². The van der Waals surface area contributed by atoms with Gasteiger partial charge in [-0.25, -0.2) is 0 Å². The van der Waals surface area contributed by atoms with Gasteiger partial charge < -0.3 is 10.5 Å². The van der Waals surface area contributed by atoms with Crippen LogP contribution in [0, 0.1) is 13.8 Å². The summed E-state index contributed by atoms with van der Waals surface area (Å²) in [7, 11) is 3.66. The highest BCUT2D eigenvalue weighted by molar-refractivity contribution is 5.71. The molecule has 4 heteroatoms. The number of nitrogens with two attached hydrogens (primary N) is 1. The van der Waals surface area contributed by atoms with Gasteiger partial charge in [-0.2, -0.15) is 5.10 Å². The second-order valence-electron chi connectivity index (χ2n) is 4.80. The highest BCUT2D eigenvalue weighted by Gasteiger charge is 2.13. The summed E-state index contributed by atoms with van der Waals surface area (Å²) < 4.78 is 7.26. The molecular weight excluding hydrogens is 238 g/mol. The van der Waals surface area contributed by atoms with E-state index < -0.39 is 0 Å². The second kappa shape index (κ2) is 5.45. The first-order valence-electron chi connectivity index (χ1n) is 6.45. The van der Waals surface area contributed by atoms with Crippen LogP contribution in [-0.2, 0) is 13.5 Å². The number of nitrogens with zero attached hydrogens (tertiary/aromatic N) is 2. The fourth-order valence-electron chi connectivity index (χ4n) is 2.42. The third kappa shape index (κ3) is 2.49. The molecule has 0 unspecified atom stereocenters. The molecule has 0 aliphatic rings. The first-order chi connectivity index (χ1) is 9.08. The predicted octanol–water partition coefficient (Wildman–Crippen LogP) is 2.21. The maximum absolute atomic E-state index is 5.69. The van der Waals surface area contributed by atoms with Crippen LogP contribution < -0.4 is 10.5 Å². The third-order valence-electron chi connectivity index (χ3n) is 3.47. The summed E-state index contributed by atoms with van der Waals surface area (Å²) in [6.07, 6.45) is 2.75. The van der Waals surface area contributed by atoms with Gasteiger partial charge in [0, 0.05) is 24.7 Å². The van der Waals surface area contributed by atoms with Crippen molar-refractivity contribution in [1.82, 2.24) is 9.78 Å². The van der Waals surface area contributed by atoms with Crippen molar-refractivity contribution in [3.63, 3.8) is 0 Å². The Balaban J connectivity index is 2.56. The maximum atomic E-state index is 5.69. The zero-order valence-electron chi connectivity index (χ0n) is 12.0. The van der Waals surface area contributed by atoms with Gasteiger partial charge in [0.05, 0.1) is 13.3 Å². The number of aryl methyl sites for hydroxylation is 3. The lowest BCUT2D eigenvalue weighted by molar-refractivity contribution is 0.411. The molecule has 2 aromatic rings. The van der Waals surface area contributed by atoms with Crippen LogP contribution >= 0.6 is 0 Å². The number of benzene rings is 1. The fraction of sp³-hybridized carbons (Fsp3) is 0.400. The van der Waals surface area contributed by atoms with E-state index in [1.54, 1.807) is 7.11 Å². The lowest BCUT2D eigenvalue weighted by Crippen LogP contribution is -2.08. The van der Waals surface area contributed by atoms with Gasteiger partial charge in [0.1, 0.15) is 5.75 Å². The van der Waals surface area contributed by atoms with E-state index in [1.807, 2.05) is 17.9 Å². The number of rotatable bonds is 4. The highest BCUT2D eigenvalue weighted by atomic mass is 16.5. The van der Waals surface area contributed by atoms with Gasteiger partial charge in [-0.1, -0.05) is 0 Å². The molecule has 0 aliphatic carbocycles. The second-order valence-corrected chi connectivity index (χ2v) is 4.80. The number of ether oxygens (including phenoxy) is 1. The van der Waals surface area contributed by atoms with Gasteiger partial charge in [-0.05, 0) is 49.2 Å².